The Labute approximate surface area is 112 Å². The van der Waals surface area contributed by atoms with Gasteiger partial charge in [0.05, 0.1) is 5.69 Å². The summed E-state index contributed by atoms with van der Waals surface area (Å²) in [5.74, 6) is -1.19. The second-order valence-corrected chi connectivity index (χ2v) is 5.21. The average molecular weight is 317 g/mol. The Bertz CT molecular complexity index is 482. The van der Waals surface area contributed by atoms with Crippen molar-refractivity contribution >= 4 is 33.7 Å². The Morgan fingerprint density at radius 2 is 2.06 bits per heavy atom. The van der Waals surface area contributed by atoms with Gasteiger partial charge in [-0.1, -0.05) is 0 Å². The van der Waals surface area contributed by atoms with E-state index < -0.39 is 17.7 Å². The van der Waals surface area contributed by atoms with Gasteiger partial charge in [-0.25, -0.2) is 14.6 Å². The Morgan fingerprint density at radius 1 is 1.44 bits per heavy atom. The molecule has 0 aromatic carbocycles. The van der Waals surface area contributed by atoms with Gasteiger partial charge in [0.1, 0.15) is 15.8 Å². The maximum absolute atomic E-state index is 11.6. The van der Waals surface area contributed by atoms with Crippen molar-refractivity contribution in [3.8, 4) is 0 Å². The van der Waals surface area contributed by atoms with E-state index in [1.807, 2.05) is 0 Å². The Morgan fingerprint density at radius 3 is 2.56 bits per heavy atom. The Balaban J connectivity index is 2.95. The van der Waals surface area contributed by atoms with E-state index in [1.165, 1.54) is 12.3 Å². The third-order valence-electron chi connectivity index (χ3n) is 1.75. The molecule has 98 valence electrons. The van der Waals surface area contributed by atoms with Crippen molar-refractivity contribution in [1.82, 2.24) is 4.98 Å². The quantitative estimate of drug-likeness (QED) is 0.819. The van der Waals surface area contributed by atoms with Crippen LogP contribution in [0.2, 0.25) is 0 Å². The molecule has 1 rings (SSSR count). The molecule has 6 nitrogen and oxygen atoms in total. The fourth-order valence-electron chi connectivity index (χ4n) is 1.16. The van der Waals surface area contributed by atoms with Crippen LogP contribution in [0, 0.1) is 0 Å². The second kappa shape index (κ2) is 5.34. The number of carboxylic acids is 1. The van der Waals surface area contributed by atoms with Gasteiger partial charge in [-0.15, -0.1) is 0 Å². The lowest BCUT2D eigenvalue weighted by Gasteiger charge is -2.20. The molecule has 0 aliphatic rings. The van der Waals surface area contributed by atoms with Crippen LogP contribution in [0.25, 0.3) is 0 Å². The first-order valence-corrected chi connectivity index (χ1v) is 5.88. The lowest BCUT2D eigenvalue weighted by molar-refractivity contribution is 0.0636. The minimum Gasteiger partial charge on any atom is -0.478 e. The summed E-state index contributed by atoms with van der Waals surface area (Å²) in [4.78, 5) is 26.4. The molecule has 0 unspecified atom stereocenters. The number of carboxylic acid groups (broad SMARTS) is 1. The number of aromatic nitrogens is 1. The number of ether oxygens (including phenoxy) is 1. The predicted molar refractivity (Wildman–Crippen MR) is 68.8 cm³/mol. The highest BCUT2D eigenvalue weighted by Gasteiger charge is 2.20. The minimum atomic E-state index is -1.19. The van der Waals surface area contributed by atoms with Gasteiger partial charge in [-0.05, 0) is 42.8 Å². The van der Waals surface area contributed by atoms with Gasteiger partial charge in [-0.2, -0.15) is 0 Å². The molecule has 1 amide bonds. The molecule has 1 aromatic rings. The molecule has 0 bridgehead atoms. The lowest BCUT2D eigenvalue weighted by atomic mass is 10.2. The number of aromatic carboxylic acids is 1. The second-order valence-electron chi connectivity index (χ2n) is 4.46. The van der Waals surface area contributed by atoms with Crippen molar-refractivity contribution < 1.29 is 19.4 Å². The molecule has 0 aliphatic heterocycles. The van der Waals surface area contributed by atoms with Gasteiger partial charge in [0.2, 0.25) is 0 Å². The van der Waals surface area contributed by atoms with Crippen LogP contribution in [0.15, 0.2) is 16.9 Å². The van der Waals surface area contributed by atoms with Crippen LogP contribution in [0.4, 0.5) is 10.5 Å². The summed E-state index contributed by atoms with van der Waals surface area (Å²) >= 11 is 3.01. The van der Waals surface area contributed by atoms with Crippen LogP contribution in [-0.2, 0) is 4.74 Å². The van der Waals surface area contributed by atoms with E-state index in [0.717, 1.165) is 0 Å². The molecule has 0 saturated heterocycles. The molecule has 2 N–H and O–H groups in total. The minimum absolute atomic E-state index is 0.122. The van der Waals surface area contributed by atoms with Crippen LogP contribution in [-0.4, -0.2) is 27.8 Å². The molecule has 0 atom stereocenters. The van der Waals surface area contributed by atoms with E-state index in [2.05, 4.69) is 26.2 Å². The van der Waals surface area contributed by atoms with Gasteiger partial charge in [-0.3, -0.25) is 5.32 Å². The summed E-state index contributed by atoms with van der Waals surface area (Å²) in [5.41, 5.74) is -0.653. The first kappa shape index (κ1) is 14.4. The Kier molecular flexibility index (Phi) is 4.28. The van der Waals surface area contributed by atoms with Crippen LogP contribution in [0.3, 0.4) is 0 Å². The van der Waals surface area contributed by atoms with E-state index in [9.17, 15) is 9.59 Å². The summed E-state index contributed by atoms with van der Waals surface area (Å²) in [6.07, 6.45) is 0.659. The zero-order valence-corrected chi connectivity index (χ0v) is 11.7. The molecule has 0 spiro atoms. The molecule has 1 heterocycles. The summed E-state index contributed by atoms with van der Waals surface area (Å²) in [5, 5.41) is 11.4. The monoisotopic (exact) mass is 316 g/mol. The smallest absolute Gasteiger partial charge is 0.412 e. The first-order chi connectivity index (χ1) is 8.20. The van der Waals surface area contributed by atoms with Crippen molar-refractivity contribution in [2.45, 2.75) is 26.4 Å². The van der Waals surface area contributed by atoms with Gasteiger partial charge < -0.3 is 9.84 Å². The highest BCUT2D eigenvalue weighted by Crippen LogP contribution is 2.23. The highest BCUT2D eigenvalue weighted by molar-refractivity contribution is 9.10. The zero-order valence-electron chi connectivity index (χ0n) is 10.2. The highest BCUT2D eigenvalue weighted by atomic mass is 79.9. The molecule has 18 heavy (non-hydrogen) atoms. The topological polar surface area (TPSA) is 88.5 Å². The number of nitrogens with one attached hydrogen (secondary N) is 1. The number of amides is 1. The van der Waals surface area contributed by atoms with Crippen molar-refractivity contribution in [1.29, 1.82) is 0 Å². The third-order valence-corrected chi connectivity index (χ3v) is 2.36. The van der Waals surface area contributed by atoms with Crippen LogP contribution < -0.4 is 5.32 Å². The molecule has 0 radical (unpaired) electrons. The fourth-order valence-corrected chi connectivity index (χ4v) is 1.66. The van der Waals surface area contributed by atoms with E-state index >= 15 is 0 Å². The molecular weight excluding hydrogens is 304 g/mol. The summed E-state index contributed by atoms with van der Waals surface area (Å²) in [7, 11) is 0. The van der Waals surface area contributed by atoms with Crippen molar-refractivity contribution in [2.75, 3.05) is 5.32 Å². The van der Waals surface area contributed by atoms with E-state index in [0.29, 0.717) is 0 Å². The fraction of sp³-hybridized carbons (Fsp3) is 0.364. The van der Waals surface area contributed by atoms with Crippen molar-refractivity contribution in [3.63, 3.8) is 0 Å². The Hall–Kier alpha value is -1.63. The van der Waals surface area contributed by atoms with E-state index in [1.54, 1.807) is 20.8 Å². The van der Waals surface area contributed by atoms with Gasteiger partial charge in [0.25, 0.3) is 0 Å². The normalized spacial score (nSPS) is 10.9. The van der Waals surface area contributed by atoms with Crippen LogP contribution >= 0.6 is 15.9 Å². The number of carbonyl (C=O) groups excluding carboxylic acids is 1. The SMILES string of the molecule is CC(C)(C)OC(=O)Nc1ccnc(Br)c1C(=O)O. The maximum Gasteiger partial charge on any atom is 0.412 e. The number of halogens is 1. The number of rotatable bonds is 2. The number of hydrogen-bond donors (Lipinski definition) is 2. The number of pyridine rings is 1. The summed E-state index contributed by atoms with van der Waals surface area (Å²) in [6.45, 7) is 5.15. The van der Waals surface area contributed by atoms with Crippen LogP contribution in [0.1, 0.15) is 31.1 Å². The number of nitrogens with zero attached hydrogens (tertiary/aromatic N) is 1. The maximum atomic E-state index is 11.6. The third kappa shape index (κ3) is 3.99. The molecule has 0 aliphatic carbocycles. The molecule has 1 aromatic heterocycles. The van der Waals surface area contributed by atoms with E-state index in [-0.39, 0.29) is 15.9 Å². The number of anilines is 1. The zero-order chi connectivity index (χ0) is 13.9. The predicted octanol–water partition coefficient (Wildman–Crippen LogP) is 2.89. The lowest BCUT2D eigenvalue weighted by Crippen LogP contribution is -2.27. The molecule has 0 saturated carbocycles. The summed E-state index contributed by atoms with van der Waals surface area (Å²) < 4.78 is 5.18. The van der Waals surface area contributed by atoms with Crippen LogP contribution in [0.5, 0.6) is 0 Å². The molecule has 0 fully saturated rings. The van der Waals surface area contributed by atoms with Gasteiger partial charge in [0, 0.05) is 6.20 Å². The van der Waals surface area contributed by atoms with E-state index in [4.69, 9.17) is 9.84 Å². The number of hydrogen-bond acceptors (Lipinski definition) is 4. The molecular formula is C11H13BrN2O4. The van der Waals surface area contributed by atoms with Gasteiger partial charge >= 0.3 is 12.1 Å². The van der Waals surface area contributed by atoms with Crippen molar-refractivity contribution in [3.05, 3.63) is 22.4 Å². The van der Waals surface area contributed by atoms with Crippen molar-refractivity contribution in [2.24, 2.45) is 0 Å². The molecule has 7 heteroatoms. The van der Waals surface area contributed by atoms with Gasteiger partial charge in [0.15, 0.2) is 0 Å². The first-order valence-electron chi connectivity index (χ1n) is 5.08. The number of carbonyl (C=O) groups is 2. The summed E-state index contributed by atoms with van der Waals surface area (Å²) in [6, 6.07) is 1.39. The standard InChI is InChI=1S/C11H13BrN2O4/c1-11(2,3)18-10(17)14-6-4-5-13-8(12)7(6)9(15)16/h4-5H,1-3H3,(H,15,16)(H,13,14,17). The average Bonchev–Trinajstić information content (AvgIpc) is 2.13. The largest absolute Gasteiger partial charge is 0.478 e.